The smallest absolute Gasteiger partial charge is 0.246 e. The summed E-state index contributed by atoms with van der Waals surface area (Å²) >= 11 is 1.43. The van der Waals surface area contributed by atoms with E-state index in [0.717, 1.165) is 41.6 Å². The fraction of sp³-hybridized carbons (Fsp3) is 0.452. The monoisotopic (exact) mass is 607 g/mol. The van der Waals surface area contributed by atoms with Gasteiger partial charge in [-0.05, 0) is 89.0 Å². The van der Waals surface area contributed by atoms with E-state index < -0.39 is 0 Å². The van der Waals surface area contributed by atoms with E-state index in [2.05, 4.69) is 47.6 Å². The lowest BCUT2D eigenvalue weighted by molar-refractivity contribution is -0.120. The highest BCUT2D eigenvalue weighted by Gasteiger charge is 2.17. The van der Waals surface area contributed by atoms with Crippen LogP contribution in [-0.4, -0.2) is 62.6 Å². The van der Waals surface area contributed by atoms with E-state index in [1.54, 1.807) is 43.4 Å². The minimum atomic E-state index is -0.257. The number of nitrogens with one attached hydrogen (secondary N) is 2. The number of carbonyl (C=O) groups excluding carboxylic acids is 1. The number of hydrazone groups is 1. The second kappa shape index (κ2) is 15.5. The lowest BCUT2D eigenvalue weighted by Gasteiger charge is -2.25. The number of halogens is 1. The number of aryl methyl sites for hydroxylation is 1. The molecule has 230 valence electrons. The first-order valence-corrected chi connectivity index (χ1v) is 15.5. The molecular formula is C31H42FN9OS. The summed E-state index contributed by atoms with van der Waals surface area (Å²) in [6.07, 6.45) is 15.7. The zero-order chi connectivity index (χ0) is 30.8. The Balaban J connectivity index is 1.48. The van der Waals surface area contributed by atoms with Crippen LogP contribution in [0.4, 0.5) is 15.2 Å². The van der Waals surface area contributed by atoms with E-state index in [-0.39, 0.29) is 30.7 Å². The molecule has 1 aliphatic carbocycles. The molecule has 4 rings (SSSR count). The van der Waals surface area contributed by atoms with Gasteiger partial charge >= 0.3 is 0 Å². The first kappa shape index (κ1) is 32.0. The molecule has 43 heavy (non-hydrogen) atoms. The predicted molar refractivity (Wildman–Crippen MR) is 171 cm³/mol. The Labute approximate surface area is 257 Å². The van der Waals surface area contributed by atoms with Gasteiger partial charge in [0, 0.05) is 44.3 Å². The van der Waals surface area contributed by atoms with Crippen molar-refractivity contribution in [2.75, 3.05) is 32.0 Å². The van der Waals surface area contributed by atoms with Crippen molar-refractivity contribution in [3.05, 3.63) is 76.7 Å². The molecule has 2 aliphatic rings. The second-order valence-corrected chi connectivity index (χ2v) is 11.5. The predicted octanol–water partition coefficient (Wildman–Crippen LogP) is 5.49. The summed E-state index contributed by atoms with van der Waals surface area (Å²) < 4.78 is 20.3. The zero-order valence-electron chi connectivity index (χ0n) is 25.7. The molecule has 3 heterocycles. The molecule has 1 aliphatic heterocycles. The van der Waals surface area contributed by atoms with Crippen LogP contribution in [0.2, 0.25) is 0 Å². The standard InChI is InChI=1S/C31H42FN9OS/c1-6-34-40(21-28(42)36-26-12-10-11-25(32)13-14-26)18-22(2)24(4)41-19-23(3)35-30(31(41)33-5)37-29-17-27(38-43-29)20-39-15-8-7-9-16-39/h6,10-12,14,17-19,24H,7-9,13,15-16,20-21H2,1-5H3,(H,35,37)(H,36,42)/b22-18+,33-31?,34-6-. The number of likely N-dealkylation sites (tertiary alicyclic amines) is 1. The van der Waals surface area contributed by atoms with Crippen molar-refractivity contribution in [3.63, 3.8) is 0 Å². The fourth-order valence-corrected chi connectivity index (χ4v) is 5.68. The Morgan fingerprint density at radius 3 is 2.84 bits per heavy atom. The third-order valence-corrected chi connectivity index (χ3v) is 8.01. The summed E-state index contributed by atoms with van der Waals surface area (Å²) in [7, 11) is 1.75. The molecule has 0 spiro atoms. The number of anilines is 2. The maximum Gasteiger partial charge on any atom is 0.246 e. The number of rotatable bonds is 11. The van der Waals surface area contributed by atoms with Gasteiger partial charge < -0.3 is 15.2 Å². The molecule has 12 heteroatoms. The lowest BCUT2D eigenvalue weighted by atomic mass is 10.1. The molecule has 0 bridgehead atoms. The largest absolute Gasteiger partial charge is 0.328 e. The molecule has 1 amide bonds. The van der Waals surface area contributed by atoms with Gasteiger partial charge in [-0.3, -0.25) is 19.7 Å². The Morgan fingerprint density at radius 1 is 1.30 bits per heavy atom. The molecule has 1 fully saturated rings. The summed E-state index contributed by atoms with van der Waals surface area (Å²) in [5, 5.41) is 13.2. The minimum Gasteiger partial charge on any atom is -0.328 e. The summed E-state index contributed by atoms with van der Waals surface area (Å²) in [6, 6.07) is 1.98. The number of carbonyl (C=O) groups is 1. The van der Waals surface area contributed by atoms with Crippen LogP contribution in [0.3, 0.4) is 0 Å². The number of allylic oxidation sites excluding steroid dienone is 6. The summed E-state index contributed by atoms with van der Waals surface area (Å²) in [5.41, 5.74) is 4.12. The van der Waals surface area contributed by atoms with E-state index in [4.69, 9.17) is 4.98 Å². The molecule has 0 aromatic carbocycles. The van der Waals surface area contributed by atoms with Crippen molar-refractivity contribution in [1.82, 2.24) is 29.2 Å². The van der Waals surface area contributed by atoms with Gasteiger partial charge in [-0.1, -0.05) is 18.6 Å². The van der Waals surface area contributed by atoms with Gasteiger partial charge in [0.1, 0.15) is 17.4 Å². The highest BCUT2D eigenvalue weighted by atomic mass is 32.1. The number of aromatic nitrogens is 3. The van der Waals surface area contributed by atoms with Gasteiger partial charge in [0.05, 0.1) is 17.4 Å². The summed E-state index contributed by atoms with van der Waals surface area (Å²) in [6.45, 7) is 10.9. The van der Waals surface area contributed by atoms with Crippen LogP contribution in [0.1, 0.15) is 63.9 Å². The maximum absolute atomic E-state index is 13.5. The normalized spacial score (nSPS) is 17.4. The number of amides is 1. The molecule has 0 saturated carbocycles. The second-order valence-electron chi connectivity index (χ2n) is 10.7. The molecule has 10 nitrogen and oxygen atoms in total. The molecule has 2 N–H and O–H groups in total. The van der Waals surface area contributed by atoms with Crippen LogP contribution in [0.5, 0.6) is 0 Å². The maximum atomic E-state index is 13.5. The fourth-order valence-electron chi connectivity index (χ4n) is 5.02. The summed E-state index contributed by atoms with van der Waals surface area (Å²) in [4.78, 5) is 24.6. The van der Waals surface area contributed by atoms with Gasteiger partial charge in [-0.2, -0.15) is 9.47 Å². The van der Waals surface area contributed by atoms with Crippen molar-refractivity contribution in [1.29, 1.82) is 0 Å². The Hall–Kier alpha value is -3.90. The van der Waals surface area contributed by atoms with Crippen LogP contribution >= 0.6 is 11.5 Å². The van der Waals surface area contributed by atoms with Crippen LogP contribution in [-0.2, 0) is 11.3 Å². The average Bonchev–Trinajstić information content (AvgIpc) is 3.31. The lowest BCUT2D eigenvalue weighted by Crippen LogP contribution is -2.32. The third-order valence-electron chi connectivity index (χ3n) is 7.27. The van der Waals surface area contributed by atoms with Crippen LogP contribution in [0.15, 0.2) is 70.0 Å². The van der Waals surface area contributed by atoms with E-state index in [1.165, 1.54) is 36.9 Å². The van der Waals surface area contributed by atoms with E-state index >= 15 is 0 Å². The molecule has 1 unspecified atom stereocenters. The first-order chi connectivity index (χ1) is 20.7. The topological polar surface area (TPSA) is 103 Å². The Morgan fingerprint density at radius 2 is 2.09 bits per heavy atom. The van der Waals surface area contributed by atoms with Crippen LogP contribution < -0.4 is 16.1 Å². The number of nitrogens with zero attached hydrogens (tertiary/aromatic N) is 7. The first-order valence-electron chi connectivity index (χ1n) is 14.7. The van der Waals surface area contributed by atoms with Crippen molar-refractivity contribution < 1.29 is 9.18 Å². The highest BCUT2D eigenvalue weighted by molar-refractivity contribution is 7.10. The molecule has 2 aromatic heterocycles. The van der Waals surface area contributed by atoms with E-state index in [0.29, 0.717) is 17.0 Å². The molecule has 1 saturated heterocycles. The van der Waals surface area contributed by atoms with Crippen molar-refractivity contribution in [2.24, 2.45) is 10.1 Å². The van der Waals surface area contributed by atoms with Crippen LogP contribution in [0.25, 0.3) is 0 Å². The molecular weight excluding hydrogens is 565 g/mol. The van der Waals surface area contributed by atoms with E-state index in [9.17, 15) is 9.18 Å². The minimum absolute atomic E-state index is 0.00150. The quantitative estimate of drug-likeness (QED) is 0.259. The van der Waals surface area contributed by atoms with Gasteiger partial charge in [0.2, 0.25) is 5.91 Å². The van der Waals surface area contributed by atoms with Crippen molar-refractivity contribution in [3.8, 4) is 0 Å². The molecule has 2 aromatic rings. The number of hydrogen-bond donors (Lipinski definition) is 2. The third kappa shape index (κ3) is 9.29. The SMILES string of the molecule is C/C=N\N(/C=C(\C)C(C)n1cc(C)nc(Nc2cc(CN3CCCCC3)ns2)c1=NC)CC(=O)NC1=CCC(F)=CC=C1. The van der Waals surface area contributed by atoms with Crippen molar-refractivity contribution >= 4 is 34.5 Å². The van der Waals surface area contributed by atoms with Gasteiger partial charge in [0.25, 0.3) is 0 Å². The number of hydrogen-bond acceptors (Lipinski definition) is 9. The summed E-state index contributed by atoms with van der Waals surface area (Å²) in [5.74, 6) is 0.150. The highest BCUT2D eigenvalue weighted by Crippen LogP contribution is 2.23. The zero-order valence-corrected chi connectivity index (χ0v) is 26.5. The molecule has 0 radical (unpaired) electrons. The van der Waals surface area contributed by atoms with Crippen molar-refractivity contribution in [2.45, 2.75) is 66.0 Å². The van der Waals surface area contributed by atoms with Gasteiger partial charge in [0.15, 0.2) is 11.3 Å². The average molecular weight is 608 g/mol. The van der Waals surface area contributed by atoms with Gasteiger partial charge in [-0.25, -0.2) is 9.37 Å². The Kier molecular flexibility index (Phi) is 11.6. The Bertz CT molecular complexity index is 1490. The van der Waals surface area contributed by atoms with Crippen LogP contribution in [0, 0.1) is 6.92 Å². The number of piperidine rings is 1. The van der Waals surface area contributed by atoms with E-state index in [1.807, 2.05) is 26.2 Å². The molecule has 1 atom stereocenters. The van der Waals surface area contributed by atoms with Gasteiger partial charge in [-0.15, -0.1) is 0 Å².